The first-order valence-corrected chi connectivity index (χ1v) is 9.14. The van der Waals surface area contributed by atoms with Crippen LogP contribution in [0.15, 0.2) is 30.5 Å². The quantitative estimate of drug-likeness (QED) is 0.849. The fraction of sp³-hybridized carbons (Fsp3) is 0.450. The molecule has 0 spiro atoms. The van der Waals surface area contributed by atoms with E-state index in [-0.39, 0.29) is 11.9 Å². The summed E-state index contributed by atoms with van der Waals surface area (Å²) in [7, 11) is 3.71. The molecule has 136 valence electrons. The number of likely N-dealkylation sites (tertiary alicyclic amines) is 1. The van der Waals surface area contributed by atoms with Crippen LogP contribution < -0.4 is 4.74 Å². The molecule has 4 rings (SSSR count). The Bertz CT molecular complexity index is 823. The van der Waals surface area contributed by atoms with Crippen molar-refractivity contribution in [3.05, 3.63) is 53.1 Å². The molecule has 2 aliphatic rings. The summed E-state index contributed by atoms with van der Waals surface area (Å²) < 4.78 is 5.37. The number of amides is 1. The maximum absolute atomic E-state index is 13.1. The van der Waals surface area contributed by atoms with Crippen LogP contribution in [0, 0.1) is 0 Å². The van der Waals surface area contributed by atoms with E-state index >= 15 is 0 Å². The molecule has 6 heteroatoms. The number of benzene rings is 1. The Balaban J connectivity index is 1.62. The van der Waals surface area contributed by atoms with Gasteiger partial charge in [-0.1, -0.05) is 12.1 Å². The van der Waals surface area contributed by atoms with Gasteiger partial charge in [-0.3, -0.25) is 4.79 Å². The van der Waals surface area contributed by atoms with Crippen LogP contribution in [-0.2, 0) is 13.0 Å². The Labute approximate surface area is 153 Å². The van der Waals surface area contributed by atoms with Crippen molar-refractivity contribution < 1.29 is 9.53 Å². The lowest BCUT2D eigenvalue weighted by Crippen LogP contribution is -2.33. The van der Waals surface area contributed by atoms with Gasteiger partial charge in [-0.2, -0.15) is 0 Å². The number of para-hydroxylation sites is 1. The Morgan fingerprint density at radius 3 is 2.96 bits per heavy atom. The van der Waals surface area contributed by atoms with Crippen LogP contribution in [0.1, 0.15) is 46.3 Å². The molecule has 1 saturated heterocycles. The summed E-state index contributed by atoms with van der Waals surface area (Å²) in [5.74, 6) is 1.37. The molecule has 1 fully saturated rings. The summed E-state index contributed by atoms with van der Waals surface area (Å²) >= 11 is 0. The number of carbonyl (C=O) groups excluding carboxylic acids is 1. The number of carbonyl (C=O) groups is 1. The molecule has 3 heterocycles. The molecule has 0 aliphatic carbocycles. The number of aromatic nitrogens is 2. The summed E-state index contributed by atoms with van der Waals surface area (Å²) in [6, 6.07) is 7.33. The topological polar surface area (TPSA) is 58.6 Å². The molecule has 0 bridgehead atoms. The third-order valence-corrected chi connectivity index (χ3v) is 5.29. The highest BCUT2D eigenvalue weighted by Crippen LogP contribution is 2.33. The second kappa shape index (κ2) is 7.03. The molecule has 1 amide bonds. The Morgan fingerprint density at radius 1 is 1.27 bits per heavy atom. The third kappa shape index (κ3) is 3.05. The fourth-order valence-corrected chi connectivity index (χ4v) is 3.89. The van der Waals surface area contributed by atoms with Crippen molar-refractivity contribution in [2.45, 2.75) is 31.8 Å². The van der Waals surface area contributed by atoms with Crippen molar-refractivity contribution in [1.29, 1.82) is 0 Å². The second-order valence-electron chi connectivity index (χ2n) is 7.04. The molecule has 2 aliphatic heterocycles. The molecule has 0 unspecified atom stereocenters. The molecule has 0 N–H and O–H groups in total. The van der Waals surface area contributed by atoms with Crippen molar-refractivity contribution in [3.8, 4) is 5.75 Å². The molecule has 6 nitrogen and oxygen atoms in total. The van der Waals surface area contributed by atoms with Gasteiger partial charge in [0.15, 0.2) is 5.82 Å². The lowest BCUT2D eigenvalue weighted by Gasteiger charge is -2.27. The SMILES string of the molecule is COc1ccccc1C(=O)N1CCC[C@@H]1c1ncc2c(n1)CCN(C)C2. The molecule has 1 aromatic carbocycles. The highest BCUT2D eigenvalue weighted by atomic mass is 16.5. The van der Waals surface area contributed by atoms with E-state index in [1.807, 2.05) is 35.4 Å². The highest BCUT2D eigenvalue weighted by molar-refractivity contribution is 5.97. The monoisotopic (exact) mass is 352 g/mol. The molecule has 1 atom stereocenters. The highest BCUT2D eigenvalue weighted by Gasteiger charge is 2.34. The Morgan fingerprint density at radius 2 is 2.12 bits per heavy atom. The van der Waals surface area contributed by atoms with Gasteiger partial charge in [0.2, 0.25) is 0 Å². The van der Waals surface area contributed by atoms with Gasteiger partial charge in [0.25, 0.3) is 5.91 Å². The van der Waals surface area contributed by atoms with Crippen LogP contribution in [0.5, 0.6) is 5.75 Å². The zero-order valence-corrected chi connectivity index (χ0v) is 15.3. The average Bonchev–Trinajstić information content (AvgIpc) is 3.16. The van der Waals surface area contributed by atoms with E-state index in [0.29, 0.717) is 11.3 Å². The standard InChI is InChI=1S/C20H24N4O2/c1-23-11-9-16-14(13-23)12-21-19(22-16)17-7-5-10-24(17)20(25)15-6-3-4-8-18(15)26-2/h3-4,6,8,12,17H,5,7,9-11,13H2,1-2H3/t17-/m1/s1. The number of likely N-dealkylation sites (N-methyl/N-ethyl adjacent to an activating group) is 1. The normalized spacial score (nSPS) is 20.1. The van der Waals surface area contributed by atoms with Crippen LogP contribution >= 0.6 is 0 Å². The third-order valence-electron chi connectivity index (χ3n) is 5.29. The second-order valence-corrected chi connectivity index (χ2v) is 7.04. The van der Waals surface area contributed by atoms with E-state index in [9.17, 15) is 4.79 Å². The minimum Gasteiger partial charge on any atom is -0.496 e. The first kappa shape index (κ1) is 17.0. The number of hydrogen-bond donors (Lipinski definition) is 0. The number of methoxy groups -OCH3 is 1. The summed E-state index contributed by atoms with van der Waals surface area (Å²) in [6.07, 6.45) is 4.75. The molecule has 2 aromatic rings. The maximum atomic E-state index is 13.1. The van der Waals surface area contributed by atoms with E-state index in [4.69, 9.17) is 9.72 Å². The lowest BCUT2D eigenvalue weighted by atomic mass is 10.1. The van der Waals surface area contributed by atoms with Gasteiger partial charge in [-0.05, 0) is 32.0 Å². The van der Waals surface area contributed by atoms with Crippen LogP contribution in [0.2, 0.25) is 0 Å². The zero-order chi connectivity index (χ0) is 18.1. The largest absolute Gasteiger partial charge is 0.496 e. The van der Waals surface area contributed by atoms with Crippen LogP contribution in [0.3, 0.4) is 0 Å². The van der Waals surface area contributed by atoms with Crippen molar-refractivity contribution >= 4 is 5.91 Å². The first-order chi connectivity index (χ1) is 12.7. The smallest absolute Gasteiger partial charge is 0.258 e. The van der Waals surface area contributed by atoms with Gasteiger partial charge < -0.3 is 14.5 Å². The minimum atomic E-state index is -0.0580. The molecular weight excluding hydrogens is 328 g/mol. The van der Waals surface area contributed by atoms with Gasteiger partial charge in [0.1, 0.15) is 5.75 Å². The lowest BCUT2D eigenvalue weighted by molar-refractivity contribution is 0.0726. The summed E-state index contributed by atoms with van der Waals surface area (Å²) in [6.45, 7) is 2.63. The van der Waals surface area contributed by atoms with Gasteiger partial charge in [0, 0.05) is 43.5 Å². The Hall–Kier alpha value is -2.47. The summed E-state index contributed by atoms with van der Waals surface area (Å²) in [5.41, 5.74) is 2.93. The van der Waals surface area contributed by atoms with E-state index in [2.05, 4.69) is 16.9 Å². The van der Waals surface area contributed by atoms with Crippen LogP contribution in [0.4, 0.5) is 0 Å². The van der Waals surface area contributed by atoms with Crippen molar-refractivity contribution in [1.82, 2.24) is 19.8 Å². The summed E-state index contributed by atoms with van der Waals surface area (Å²) in [5, 5.41) is 0. The van der Waals surface area contributed by atoms with Gasteiger partial charge in [-0.25, -0.2) is 9.97 Å². The predicted molar refractivity (Wildman–Crippen MR) is 98.1 cm³/mol. The number of nitrogens with zero attached hydrogens (tertiary/aromatic N) is 4. The first-order valence-electron chi connectivity index (χ1n) is 9.14. The summed E-state index contributed by atoms with van der Waals surface area (Å²) in [4.78, 5) is 26.7. The van der Waals surface area contributed by atoms with Crippen LogP contribution in [0.25, 0.3) is 0 Å². The van der Waals surface area contributed by atoms with E-state index in [0.717, 1.165) is 50.4 Å². The molecule has 0 radical (unpaired) electrons. The number of ether oxygens (including phenoxy) is 1. The maximum Gasteiger partial charge on any atom is 0.258 e. The average molecular weight is 352 g/mol. The number of rotatable bonds is 3. The molecule has 0 saturated carbocycles. The van der Waals surface area contributed by atoms with Gasteiger partial charge in [0.05, 0.1) is 18.7 Å². The van der Waals surface area contributed by atoms with Gasteiger partial charge in [-0.15, -0.1) is 0 Å². The van der Waals surface area contributed by atoms with E-state index in [1.165, 1.54) is 5.56 Å². The van der Waals surface area contributed by atoms with Crippen molar-refractivity contribution in [3.63, 3.8) is 0 Å². The molecule has 1 aromatic heterocycles. The number of fused-ring (bicyclic) bond motifs is 1. The molecular formula is C20H24N4O2. The zero-order valence-electron chi connectivity index (χ0n) is 15.3. The number of hydrogen-bond acceptors (Lipinski definition) is 5. The van der Waals surface area contributed by atoms with E-state index < -0.39 is 0 Å². The van der Waals surface area contributed by atoms with Crippen LogP contribution in [-0.4, -0.2) is 52.9 Å². The van der Waals surface area contributed by atoms with Gasteiger partial charge >= 0.3 is 0 Å². The molecule has 26 heavy (non-hydrogen) atoms. The fourth-order valence-electron chi connectivity index (χ4n) is 3.89. The van der Waals surface area contributed by atoms with Crippen molar-refractivity contribution in [2.75, 3.05) is 27.2 Å². The van der Waals surface area contributed by atoms with E-state index in [1.54, 1.807) is 7.11 Å². The minimum absolute atomic E-state index is 0.00833. The Kier molecular flexibility index (Phi) is 4.59. The predicted octanol–water partition coefficient (Wildman–Crippen LogP) is 2.45. The van der Waals surface area contributed by atoms with Crippen molar-refractivity contribution in [2.24, 2.45) is 0 Å².